The molecule has 29 heavy (non-hydrogen) atoms. The highest BCUT2D eigenvalue weighted by molar-refractivity contribution is 5.46. The van der Waals surface area contributed by atoms with Crippen molar-refractivity contribution in [2.24, 2.45) is 5.92 Å². The molecule has 0 bridgehead atoms. The van der Waals surface area contributed by atoms with Crippen molar-refractivity contribution in [1.29, 1.82) is 0 Å². The lowest BCUT2D eigenvalue weighted by atomic mass is 10.1. The molecular weight excluding hydrogens is 385 g/mol. The monoisotopic (exact) mass is 404 g/mol. The van der Waals surface area contributed by atoms with E-state index >= 15 is 0 Å². The predicted molar refractivity (Wildman–Crippen MR) is 97.8 cm³/mol. The van der Waals surface area contributed by atoms with Gasteiger partial charge in [-0.15, -0.1) is 15.3 Å². The fraction of sp³-hybridized carbons (Fsp3) is 0.474. The average molecular weight is 404 g/mol. The number of fused-ring (bicyclic) bond motifs is 1. The van der Waals surface area contributed by atoms with E-state index < -0.39 is 11.9 Å². The highest BCUT2D eigenvalue weighted by atomic mass is 19.4. The number of halogens is 3. The first-order valence-corrected chi connectivity index (χ1v) is 9.61. The summed E-state index contributed by atoms with van der Waals surface area (Å²) in [6.45, 7) is 1.95. The van der Waals surface area contributed by atoms with Gasteiger partial charge in [-0.3, -0.25) is 0 Å². The molecule has 5 rings (SSSR count). The Bertz CT molecular complexity index is 1010. The van der Waals surface area contributed by atoms with Crippen molar-refractivity contribution in [3.05, 3.63) is 42.0 Å². The fourth-order valence-corrected chi connectivity index (χ4v) is 3.61. The first-order valence-electron chi connectivity index (χ1n) is 9.61. The molecule has 152 valence electrons. The Morgan fingerprint density at radius 1 is 1.07 bits per heavy atom. The van der Waals surface area contributed by atoms with E-state index in [-0.39, 0.29) is 5.92 Å². The summed E-state index contributed by atoms with van der Waals surface area (Å²) in [4.78, 5) is 5.57. The van der Waals surface area contributed by atoms with Crippen LogP contribution in [0.4, 0.5) is 18.9 Å². The maximum atomic E-state index is 12.7. The van der Waals surface area contributed by atoms with Gasteiger partial charge >= 0.3 is 6.18 Å². The van der Waals surface area contributed by atoms with E-state index in [1.54, 1.807) is 10.6 Å². The molecule has 7 nitrogen and oxygen atoms in total. The van der Waals surface area contributed by atoms with Crippen molar-refractivity contribution in [1.82, 2.24) is 24.8 Å². The van der Waals surface area contributed by atoms with Crippen LogP contribution in [0.15, 0.2) is 30.5 Å². The zero-order valence-corrected chi connectivity index (χ0v) is 15.5. The summed E-state index contributed by atoms with van der Waals surface area (Å²) in [5.41, 5.74) is 0.529. The maximum absolute atomic E-state index is 12.7. The molecule has 4 heterocycles. The third-order valence-electron chi connectivity index (χ3n) is 5.36. The van der Waals surface area contributed by atoms with E-state index in [1.165, 1.54) is 12.3 Å². The van der Waals surface area contributed by atoms with Crippen molar-refractivity contribution < 1.29 is 17.9 Å². The lowest BCUT2D eigenvalue weighted by Gasteiger charge is -2.19. The normalized spacial score (nSPS) is 19.8. The Kier molecular flexibility index (Phi) is 4.29. The van der Waals surface area contributed by atoms with Gasteiger partial charge < -0.3 is 9.64 Å². The van der Waals surface area contributed by atoms with Gasteiger partial charge in [-0.05, 0) is 37.5 Å². The lowest BCUT2D eigenvalue weighted by molar-refractivity contribution is -0.141. The van der Waals surface area contributed by atoms with Crippen molar-refractivity contribution in [2.75, 3.05) is 24.6 Å². The van der Waals surface area contributed by atoms with Gasteiger partial charge in [0.2, 0.25) is 5.88 Å². The van der Waals surface area contributed by atoms with Crippen LogP contribution in [-0.4, -0.2) is 44.5 Å². The standard InChI is InChI=1S/C19H19F3N6O/c20-19(21,22)15-4-3-14(9-23-15)27-8-7-12(10-27)11-29-17-6-5-16-24-25-18(13-1-2-13)28(16)26-17/h3-6,9,12-13H,1-2,7-8,10-11H2. The van der Waals surface area contributed by atoms with Crippen LogP contribution >= 0.6 is 0 Å². The van der Waals surface area contributed by atoms with Crippen LogP contribution in [0, 0.1) is 5.92 Å². The van der Waals surface area contributed by atoms with Gasteiger partial charge in [-0.1, -0.05) is 0 Å². The Balaban J connectivity index is 1.20. The second-order valence-electron chi connectivity index (χ2n) is 7.59. The second kappa shape index (κ2) is 6.85. The number of nitrogens with zero attached hydrogens (tertiary/aromatic N) is 6. The number of ether oxygens (including phenoxy) is 1. The van der Waals surface area contributed by atoms with Crippen molar-refractivity contribution in [3.63, 3.8) is 0 Å². The number of hydrogen-bond donors (Lipinski definition) is 0. The number of hydrogen-bond acceptors (Lipinski definition) is 6. The van der Waals surface area contributed by atoms with Gasteiger partial charge in [-0.25, -0.2) is 4.98 Å². The largest absolute Gasteiger partial charge is 0.476 e. The van der Waals surface area contributed by atoms with Crippen LogP contribution < -0.4 is 9.64 Å². The van der Waals surface area contributed by atoms with Crippen molar-refractivity contribution >= 4 is 11.3 Å². The fourth-order valence-electron chi connectivity index (χ4n) is 3.61. The van der Waals surface area contributed by atoms with Crippen LogP contribution in [0.2, 0.25) is 0 Å². The minimum atomic E-state index is -4.42. The zero-order chi connectivity index (χ0) is 20.0. The quantitative estimate of drug-likeness (QED) is 0.650. The van der Waals surface area contributed by atoms with Gasteiger partial charge in [0.05, 0.1) is 18.5 Å². The van der Waals surface area contributed by atoms with Crippen molar-refractivity contribution in [2.45, 2.75) is 31.4 Å². The molecule has 3 aromatic heterocycles. The summed E-state index contributed by atoms with van der Waals surface area (Å²) < 4.78 is 45.6. The highest BCUT2D eigenvalue weighted by Gasteiger charge is 2.33. The Morgan fingerprint density at radius 3 is 2.66 bits per heavy atom. The van der Waals surface area contributed by atoms with E-state index in [0.717, 1.165) is 37.7 Å². The lowest BCUT2D eigenvalue weighted by Crippen LogP contribution is -2.22. The molecule has 0 aromatic carbocycles. The minimum absolute atomic E-state index is 0.263. The highest BCUT2D eigenvalue weighted by Crippen LogP contribution is 2.38. The summed E-state index contributed by atoms with van der Waals surface area (Å²) in [7, 11) is 0. The van der Waals surface area contributed by atoms with E-state index in [1.807, 2.05) is 11.0 Å². The third kappa shape index (κ3) is 3.70. The van der Waals surface area contributed by atoms with E-state index in [0.29, 0.717) is 36.3 Å². The summed E-state index contributed by atoms with van der Waals surface area (Å²) >= 11 is 0. The zero-order valence-electron chi connectivity index (χ0n) is 15.5. The molecule has 0 amide bonds. The summed E-state index contributed by atoms with van der Waals surface area (Å²) in [6, 6.07) is 6.12. The molecule has 0 radical (unpaired) electrons. The molecule has 10 heteroatoms. The molecule has 1 atom stereocenters. The molecule has 2 aliphatic rings. The summed E-state index contributed by atoms with van der Waals surface area (Å²) in [5, 5.41) is 12.9. The molecule has 0 N–H and O–H groups in total. The molecule has 1 saturated carbocycles. The van der Waals surface area contributed by atoms with E-state index in [9.17, 15) is 13.2 Å². The predicted octanol–water partition coefficient (Wildman–Crippen LogP) is 3.32. The van der Waals surface area contributed by atoms with Crippen LogP contribution in [-0.2, 0) is 6.18 Å². The van der Waals surface area contributed by atoms with Gasteiger partial charge in [0.25, 0.3) is 0 Å². The third-order valence-corrected chi connectivity index (χ3v) is 5.36. The smallest absolute Gasteiger partial charge is 0.433 e. The number of aromatic nitrogens is 5. The Hall–Kier alpha value is -2.91. The molecule has 2 fully saturated rings. The van der Waals surface area contributed by atoms with Gasteiger partial charge in [0, 0.05) is 31.0 Å². The first kappa shape index (κ1) is 18.1. The van der Waals surface area contributed by atoms with E-state index in [2.05, 4.69) is 20.3 Å². The summed E-state index contributed by atoms with van der Waals surface area (Å²) in [5.74, 6) is 2.10. The molecule has 1 aliphatic carbocycles. The van der Waals surface area contributed by atoms with E-state index in [4.69, 9.17) is 4.74 Å². The molecule has 1 unspecified atom stereocenters. The SMILES string of the molecule is FC(F)(F)c1ccc(N2CCC(COc3ccc4nnc(C5CC5)n4n3)C2)cn1. The number of anilines is 1. The Labute approximate surface area is 164 Å². The summed E-state index contributed by atoms with van der Waals surface area (Å²) in [6.07, 6.45) is -0.0110. The number of alkyl halides is 3. The Morgan fingerprint density at radius 2 is 1.93 bits per heavy atom. The van der Waals surface area contributed by atoms with Crippen LogP contribution in [0.25, 0.3) is 5.65 Å². The maximum Gasteiger partial charge on any atom is 0.433 e. The first-order chi connectivity index (χ1) is 14.0. The van der Waals surface area contributed by atoms with Crippen LogP contribution in [0.5, 0.6) is 5.88 Å². The molecule has 3 aromatic rings. The molecule has 1 saturated heterocycles. The minimum Gasteiger partial charge on any atom is -0.476 e. The number of rotatable bonds is 5. The number of pyridine rings is 1. The average Bonchev–Trinajstić information content (AvgIpc) is 3.29. The molecular formula is C19H19F3N6O. The van der Waals surface area contributed by atoms with Crippen LogP contribution in [0.1, 0.15) is 36.7 Å². The second-order valence-corrected chi connectivity index (χ2v) is 7.59. The van der Waals surface area contributed by atoms with Gasteiger partial charge in [0.1, 0.15) is 5.69 Å². The van der Waals surface area contributed by atoms with Gasteiger partial charge in [0.15, 0.2) is 11.5 Å². The topological polar surface area (TPSA) is 68.4 Å². The van der Waals surface area contributed by atoms with Crippen LogP contribution in [0.3, 0.4) is 0 Å². The van der Waals surface area contributed by atoms with Gasteiger partial charge in [-0.2, -0.15) is 17.7 Å². The molecule has 0 spiro atoms. The van der Waals surface area contributed by atoms with Crippen molar-refractivity contribution in [3.8, 4) is 5.88 Å². The molecule has 1 aliphatic heterocycles.